The van der Waals surface area contributed by atoms with Crippen molar-refractivity contribution in [2.24, 2.45) is 10.2 Å². The number of hydrogen-bond acceptors (Lipinski definition) is 6. The first-order chi connectivity index (χ1) is 21.0. The lowest BCUT2D eigenvalue weighted by Gasteiger charge is -2.30. The summed E-state index contributed by atoms with van der Waals surface area (Å²) in [4.78, 5) is 24.5. The molecule has 1 unspecified atom stereocenters. The average Bonchev–Trinajstić information content (AvgIpc) is 3.34. The summed E-state index contributed by atoms with van der Waals surface area (Å²) in [6, 6.07) is 19.9. The first kappa shape index (κ1) is 30.5. The highest BCUT2D eigenvalue weighted by molar-refractivity contribution is 5.83. The second-order valence-corrected chi connectivity index (χ2v) is 12.7. The summed E-state index contributed by atoms with van der Waals surface area (Å²) in [6.45, 7) is 15.6. The Hall–Kier alpha value is -4.94. The van der Waals surface area contributed by atoms with Crippen LogP contribution in [0.2, 0.25) is 0 Å². The van der Waals surface area contributed by atoms with E-state index in [1.165, 1.54) is 22.3 Å². The van der Waals surface area contributed by atoms with Crippen LogP contribution in [0, 0.1) is 0 Å². The lowest BCUT2D eigenvalue weighted by molar-refractivity contribution is -0.123. The van der Waals surface area contributed by atoms with E-state index in [-0.39, 0.29) is 41.3 Å². The van der Waals surface area contributed by atoms with E-state index < -0.39 is 0 Å². The molecule has 0 saturated heterocycles. The Morgan fingerprint density at radius 1 is 0.818 bits per heavy atom. The minimum absolute atomic E-state index is 0.0775. The molecule has 8 nitrogen and oxygen atoms in total. The van der Waals surface area contributed by atoms with Crippen LogP contribution in [0.3, 0.4) is 0 Å². The average molecular weight is 591 g/mol. The van der Waals surface area contributed by atoms with Crippen molar-refractivity contribution < 1.29 is 19.1 Å². The van der Waals surface area contributed by atoms with Gasteiger partial charge in [0.1, 0.15) is 11.5 Å². The molecule has 0 heterocycles. The third-order valence-electron chi connectivity index (χ3n) is 8.48. The number of benzene rings is 3. The molecule has 2 aliphatic carbocycles. The number of carbonyl (C=O) groups is 2. The number of carbonyl (C=O) groups excluding carboxylic acids is 2. The van der Waals surface area contributed by atoms with E-state index in [9.17, 15) is 9.59 Å². The molecule has 44 heavy (non-hydrogen) atoms. The highest BCUT2D eigenvalue weighted by Crippen LogP contribution is 2.63. The molecular formula is C36H38N4O4. The predicted molar refractivity (Wildman–Crippen MR) is 173 cm³/mol. The molecule has 0 radical (unpaired) electrons. The summed E-state index contributed by atoms with van der Waals surface area (Å²) in [5.41, 5.74) is 13.9. The molecule has 2 aliphatic rings. The summed E-state index contributed by atoms with van der Waals surface area (Å²) in [5, 5.41) is 7.49. The van der Waals surface area contributed by atoms with Crippen LogP contribution in [0.15, 0.2) is 83.2 Å². The fourth-order valence-electron chi connectivity index (χ4n) is 6.96. The minimum Gasteiger partial charge on any atom is -0.484 e. The number of fused-ring (bicyclic) bond motifs is 4. The fourth-order valence-corrected chi connectivity index (χ4v) is 6.96. The number of hydrogen-bond donors (Lipinski definition) is 2. The number of nitrogens with one attached hydrogen (secondary N) is 2. The lowest BCUT2D eigenvalue weighted by Crippen LogP contribution is -2.27. The van der Waals surface area contributed by atoms with Gasteiger partial charge in [-0.15, -0.1) is 5.73 Å². The molecule has 0 bridgehead atoms. The Labute approximate surface area is 258 Å². The van der Waals surface area contributed by atoms with Crippen LogP contribution >= 0.6 is 0 Å². The van der Waals surface area contributed by atoms with Gasteiger partial charge in [-0.05, 0) is 93.5 Å². The van der Waals surface area contributed by atoms with Crippen molar-refractivity contribution >= 4 is 30.8 Å². The van der Waals surface area contributed by atoms with Gasteiger partial charge < -0.3 is 9.47 Å². The Bertz CT molecular complexity index is 1700. The second kappa shape index (κ2) is 12.0. The Balaban J connectivity index is 1.36. The monoisotopic (exact) mass is 590 g/mol. The van der Waals surface area contributed by atoms with Crippen molar-refractivity contribution in [3.8, 4) is 11.5 Å². The predicted octanol–water partition coefficient (Wildman–Crippen LogP) is 5.77. The third-order valence-corrected chi connectivity index (χ3v) is 8.48. The zero-order valence-corrected chi connectivity index (χ0v) is 25.7. The minimum atomic E-state index is -0.366. The molecule has 8 heteroatoms. The molecule has 1 atom stereocenters. The quantitative estimate of drug-likeness (QED) is 0.178. The number of rotatable bonds is 10. The zero-order valence-electron chi connectivity index (χ0n) is 25.7. The Morgan fingerprint density at radius 2 is 1.36 bits per heavy atom. The van der Waals surface area contributed by atoms with Gasteiger partial charge in [0, 0.05) is 12.1 Å². The summed E-state index contributed by atoms with van der Waals surface area (Å²) in [7, 11) is 0. The van der Waals surface area contributed by atoms with Gasteiger partial charge in [-0.3, -0.25) is 9.59 Å². The maximum Gasteiger partial charge on any atom is 0.277 e. The zero-order chi connectivity index (χ0) is 31.5. The van der Waals surface area contributed by atoms with Crippen LogP contribution in [0.1, 0.15) is 73.9 Å². The van der Waals surface area contributed by atoms with E-state index in [0.717, 1.165) is 24.0 Å². The molecule has 2 N–H and O–H groups in total. The first-order valence-electron chi connectivity index (χ1n) is 14.6. The summed E-state index contributed by atoms with van der Waals surface area (Å²) < 4.78 is 11.8. The third kappa shape index (κ3) is 6.08. The molecular weight excluding hydrogens is 552 g/mol. The van der Waals surface area contributed by atoms with Crippen molar-refractivity contribution in [1.29, 1.82) is 0 Å². The highest BCUT2D eigenvalue weighted by Gasteiger charge is 2.56. The highest BCUT2D eigenvalue weighted by atomic mass is 16.5. The lowest BCUT2D eigenvalue weighted by atomic mass is 9.72. The Morgan fingerprint density at radius 3 is 1.91 bits per heavy atom. The molecule has 5 rings (SSSR count). The van der Waals surface area contributed by atoms with Gasteiger partial charge in [0.05, 0.1) is 6.21 Å². The van der Waals surface area contributed by atoms with Gasteiger partial charge in [0.2, 0.25) is 0 Å². The Kier molecular flexibility index (Phi) is 8.31. The number of ether oxygens (including phenoxy) is 2. The van der Waals surface area contributed by atoms with Crippen LogP contribution in [0.4, 0.5) is 0 Å². The first-order valence-corrected chi connectivity index (χ1v) is 14.6. The number of hydrazone groups is 2. The van der Waals surface area contributed by atoms with E-state index in [4.69, 9.17) is 9.47 Å². The molecule has 226 valence electrons. The van der Waals surface area contributed by atoms with E-state index in [2.05, 4.69) is 92.0 Å². The summed E-state index contributed by atoms with van der Waals surface area (Å²) >= 11 is 0. The van der Waals surface area contributed by atoms with Gasteiger partial charge >= 0.3 is 0 Å². The van der Waals surface area contributed by atoms with Gasteiger partial charge in [0.15, 0.2) is 13.2 Å². The van der Waals surface area contributed by atoms with Gasteiger partial charge in [-0.1, -0.05) is 64.6 Å². The molecule has 0 aromatic heterocycles. The normalized spacial score (nSPS) is 18.6. The number of nitrogens with zero attached hydrogens (tertiary/aromatic N) is 2. The molecule has 0 fully saturated rings. The SMILES string of the molecule is C=C=Cc1cccc(/C=N/NC(=O)COc2ccc3c(c2)C2(CC(C)(C)c4ccc(OCC(=O)NN=C)cc42)CC3(C)C)c1. The van der Waals surface area contributed by atoms with E-state index >= 15 is 0 Å². The van der Waals surface area contributed by atoms with E-state index in [1.807, 2.05) is 36.4 Å². The van der Waals surface area contributed by atoms with Crippen LogP contribution in [0.25, 0.3) is 6.08 Å². The van der Waals surface area contributed by atoms with E-state index in [1.54, 1.807) is 12.3 Å². The van der Waals surface area contributed by atoms with Crippen LogP contribution in [-0.2, 0) is 25.8 Å². The van der Waals surface area contributed by atoms with Crippen LogP contribution < -0.4 is 20.3 Å². The van der Waals surface area contributed by atoms with Gasteiger partial charge in [-0.2, -0.15) is 10.2 Å². The molecule has 3 aromatic carbocycles. The van der Waals surface area contributed by atoms with Crippen LogP contribution in [0.5, 0.6) is 11.5 Å². The second-order valence-electron chi connectivity index (χ2n) is 12.7. The van der Waals surface area contributed by atoms with Crippen molar-refractivity contribution in [3.05, 3.63) is 106 Å². The fraction of sp³-hybridized carbons (Fsp3) is 0.306. The topological polar surface area (TPSA) is 101 Å². The summed E-state index contributed by atoms with van der Waals surface area (Å²) in [5.74, 6) is 0.522. The van der Waals surface area contributed by atoms with Crippen molar-refractivity contribution in [2.75, 3.05) is 13.2 Å². The number of amides is 2. The van der Waals surface area contributed by atoms with Crippen LogP contribution in [-0.4, -0.2) is 38.0 Å². The molecule has 0 aliphatic heterocycles. The van der Waals surface area contributed by atoms with Crippen molar-refractivity contribution in [1.82, 2.24) is 10.9 Å². The summed E-state index contributed by atoms with van der Waals surface area (Å²) in [6.07, 6.45) is 5.18. The van der Waals surface area contributed by atoms with Gasteiger partial charge in [-0.25, -0.2) is 10.9 Å². The van der Waals surface area contributed by atoms with E-state index in [0.29, 0.717) is 11.5 Å². The maximum absolute atomic E-state index is 12.6. The van der Waals surface area contributed by atoms with Gasteiger partial charge in [0.25, 0.3) is 11.8 Å². The standard InChI is InChI=1S/C36H38N4O4/c1-7-9-24-10-8-11-25(16-24)19-38-40-33(42)21-44-27-13-15-29-31(18-27)36(23-35(29,4)5)22-34(2,3)28-14-12-26(17-30(28)36)43-20-32(41)39-37-6/h8-19H,1,6,20-23H2,2-5H3,(H,39,41)(H,40,42)/b38-19+. The molecule has 2 amide bonds. The molecule has 3 aromatic rings. The van der Waals surface area contributed by atoms with Crippen molar-refractivity contribution in [3.63, 3.8) is 0 Å². The maximum atomic E-state index is 12.6. The largest absolute Gasteiger partial charge is 0.484 e. The smallest absolute Gasteiger partial charge is 0.277 e. The molecule has 0 saturated carbocycles. The van der Waals surface area contributed by atoms with Crippen molar-refractivity contribution in [2.45, 2.75) is 56.8 Å². The molecule has 1 spiro atoms.